The van der Waals surface area contributed by atoms with Gasteiger partial charge in [0.15, 0.2) is 0 Å². The summed E-state index contributed by atoms with van der Waals surface area (Å²) in [5.41, 5.74) is -0.715. The summed E-state index contributed by atoms with van der Waals surface area (Å²) < 4.78 is 6.62. The van der Waals surface area contributed by atoms with Crippen molar-refractivity contribution in [3.63, 3.8) is 0 Å². The minimum Gasteiger partial charge on any atom is -0.395 e. The van der Waals surface area contributed by atoms with Crippen LogP contribution in [0.3, 0.4) is 0 Å². The molecule has 0 saturated carbocycles. The van der Waals surface area contributed by atoms with Crippen LogP contribution in [0.4, 0.5) is 5.69 Å². The number of rotatable bonds is 9. The summed E-state index contributed by atoms with van der Waals surface area (Å²) in [6.45, 7) is 11.4. The molecular weight excluding hydrogens is 482 g/mol. The van der Waals surface area contributed by atoms with E-state index in [2.05, 4.69) is 13.2 Å². The Kier molecular flexibility index (Phi) is 7.07. The molecule has 2 bridgehead atoms. The molecule has 4 rings (SSSR count). The molecule has 1 aromatic rings. The maximum absolute atomic E-state index is 14.4. The van der Waals surface area contributed by atoms with Crippen LogP contribution < -0.4 is 4.90 Å². The van der Waals surface area contributed by atoms with E-state index in [9.17, 15) is 19.5 Å². The number of halogens is 1. The zero-order valence-corrected chi connectivity index (χ0v) is 21.8. The van der Waals surface area contributed by atoms with E-state index in [1.54, 1.807) is 25.3 Å². The molecule has 0 aliphatic carbocycles. The van der Waals surface area contributed by atoms with Crippen LogP contribution in [-0.2, 0) is 19.1 Å². The number of hydrogen-bond acceptors (Lipinski definition) is 5. The summed E-state index contributed by atoms with van der Waals surface area (Å²) in [4.78, 5) is 46.3. The van der Waals surface area contributed by atoms with Crippen LogP contribution in [0, 0.1) is 18.8 Å². The highest BCUT2D eigenvalue weighted by molar-refractivity contribution is 6.34. The number of amides is 3. The third-order valence-corrected chi connectivity index (χ3v) is 8.24. The van der Waals surface area contributed by atoms with Crippen molar-refractivity contribution in [2.75, 3.05) is 38.2 Å². The standard InChI is InChI=1S/C27H34ClN3O5/c1-6-13-29(5)23(33)19-20-24(34)31(15-16-32)22(27(20)12-11-26(19,4)36-27)25(35)30(14-7-2)21-17(3)9-8-10-18(21)28/h6-10,19-20,22,32H,1-2,11-16H2,3-5H3/t19-,20+,22?,26+,27?/m1/s1. The molecule has 3 amide bonds. The van der Waals surface area contributed by atoms with Crippen molar-refractivity contribution in [3.8, 4) is 0 Å². The maximum Gasteiger partial charge on any atom is 0.253 e. The number of carbonyl (C=O) groups is 3. The van der Waals surface area contributed by atoms with Gasteiger partial charge >= 0.3 is 0 Å². The largest absolute Gasteiger partial charge is 0.395 e. The SMILES string of the molecule is C=CCN(C)C(=O)[C@H]1[C@H]2C(=O)N(CCO)C(C(=O)N(CC=C)c3c(C)cccc3Cl)C23CC[C@]1(C)O3. The highest BCUT2D eigenvalue weighted by Crippen LogP contribution is 2.63. The highest BCUT2D eigenvalue weighted by atomic mass is 35.5. The highest BCUT2D eigenvalue weighted by Gasteiger charge is 2.78. The van der Waals surface area contributed by atoms with Crippen LogP contribution in [0.1, 0.15) is 25.3 Å². The van der Waals surface area contributed by atoms with Crippen LogP contribution in [0.5, 0.6) is 0 Å². The number of nitrogens with zero attached hydrogens (tertiary/aromatic N) is 3. The first-order valence-electron chi connectivity index (χ1n) is 12.2. The number of aliphatic hydroxyl groups is 1. The average Bonchev–Trinajstić information content (AvgIpc) is 3.39. The number of aliphatic hydroxyl groups excluding tert-OH is 1. The Hall–Kier alpha value is -2.68. The second-order valence-electron chi connectivity index (χ2n) is 10.1. The fraction of sp³-hybridized carbons (Fsp3) is 0.519. The number of anilines is 1. The number of likely N-dealkylation sites (N-methyl/N-ethyl adjacent to an activating group) is 1. The van der Waals surface area contributed by atoms with E-state index in [-0.39, 0.29) is 37.4 Å². The summed E-state index contributed by atoms with van der Waals surface area (Å²) in [5, 5.41) is 10.2. The smallest absolute Gasteiger partial charge is 0.253 e. The fourth-order valence-corrected chi connectivity index (χ4v) is 6.81. The molecule has 3 fully saturated rings. The lowest BCUT2D eigenvalue weighted by molar-refractivity contribution is -0.149. The van der Waals surface area contributed by atoms with Crippen LogP contribution >= 0.6 is 11.6 Å². The molecule has 8 nitrogen and oxygen atoms in total. The third kappa shape index (κ3) is 3.78. The number of aryl methyl sites for hydroxylation is 1. The lowest BCUT2D eigenvalue weighted by atomic mass is 9.66. The van der Waals surface area contributed by atoms with Gasteiger partial charge in [-0.25, -0.2) is 0 Å². The van der Waals surface area contributed by atoms with Gasteiger partial charge in [0, 0.05) is 26.7 Å². The first kappa shape index (κ1) is 26.4. The quantitative estimate of drug-likeness (QED) is 0.510. The van der Waals surface area contributed by atoms with E-state index in [0.29, 0.717) is 30.1 Å². The summed E-state index contributed by atoms with van der Waals surface area (Å²) in [5.74, 6) is -2.48. The maximum atomic E-state index is 14.4. The van der Waals surface area contributed by atoms with E-state index in [1.165, 1.54) is 14.7 Å². The topological polar surface area (TPSA) is 90.4 Å². The molecule has 3 aliphatic rings. The molecule has 0 radical (unpaired) electrons. The van der Waals surface area contributed by atoms with Crippen molar-refractivity contribution in [1.82, 2.24) is 9.80 Å². The molecule has 36 heavy (non-hydrogen) atoms. The van der Waals surface area contributed by atoms with E-state index < -0.39 is 29.1 Å². The van der Waals surface area contributed by atoms with Crippen LogP contribution in [0.25, 0.3) is 0 Å². The lowest BCUT2D eigenvalue weighted by Gasteiger charge is -2.37. The second-order valence-corrected chi connectivity index (χ2v) is 10.5. The monoisotopic (exact) mass is 515 g/mol. The third-order valence-electron chi connectivity index (χ3n) is 7.93. The van der Waals surface area contributed by atoms with Gasteiger partial charge in [-0.3, -0.25) is 14.4 Å². The van der Waals surface area contributed by atoms with E-state index >= 15 is 0 Å². The van der Waals surface area contributed by atoms with Gasteiger partial charge in [-0.1, -0.05) is 35.9 Å². The molecular formula is C27H34ClN3O5. The van der Waals surface area contributed by atoms with Crippen LogP contribution in [-0.4, -0.2) is 83.2 Å². The zero-order valence-electron chi connectivity index (χ0n) is 21.1. The first-order valence-corrected chi connectivity index (χ1v) is 12.6. The molecule has 5 atom stereocenters. The van der Waals surface area contributed by atoms with Crippen molar-refractivity contribution in [1.29, 1.82) is 0 Å². The summed E-state index contributed by atoms with van der Waals surface area (Å²) >= 11 is 6.54. The summed E-state index contributed by atoms with van der Waals surface area (Å²) in [6.07, 6.45) is 4.23. The molecule has 1 N–H and O–H groups in total. The van der Waals surface area contributed by atoms with E-state index in [1.807, 2.05) is 26.0 Å². The number of para-hydroxylation sites is 1. The number of benzene rings is 1. The number of carbonyl (C=O) groups excluding carboxylic acids is 3. The Morgan fingerprint density at radius 3 is 2.56 bits per heavy atom. The Morgan fingerprint density at radius 2 is 1.94 bits per heavy atom. The molecule has 1 aromatic carbocycles. The number of fused-ring (bicyclic) bond motifs is 1. The van der Waals surface area contributed by atoms with Crippen molar-refractivity contribution >= 4 is 35.0 Å². The molecule has 1 spiro atoms. The van der Waals surface area contributed by atoms with Gasteiger partial charge in [0.2, 0.25) is 11.8 Å². The van der Waals surface area contributed by atoms with E-state index in [4.69, 9.17) is 16.3 Å². The average molecular weight is 516 g/mol. The Morgan fingerprint density at radius 1 is 1.25 bits per heavy atom. The Balaban J connectivity index is 1.82. The molecule has 9 heteroatoms. The number of hydrogen-bond donors (Lipinski definition) is 1. The van der Waals surface area contributed by atoms with E-state index in [0.717, 1.165) is 5.56 Å². The predicted octanol–water partition coefficient (Wildman–Crippen LogP) is 2.57. The van der Waals surface area contributed by atoms with Gasteiger partial charge in [-0.15, -0.1) is 13.2 Å². The van der Waals surface area contributed by atoms with Gasteiger partial charge in [-0.2, -0.15) is 0 Å². The molecule has 2 unspecified atom stereocenters. The van der Waals surface area contributed by atoms with Crippen molar-refractivity contribution in [2.24, 2.45) is 11.8 Å². The number of likely N-dealkylation sites (tertiary alicyclic amines) is 1. The van der Waals surface area contributed by atoms with Crippen molar-refractivity contribution in [2.45, 2.75) is 43.9 Å². The number of β-amino-alcohol motifs (C(OH)–C–C–N with tert-alkyl or cyclic N) is 1. The van der Waals surface area contributed by atoms with Crippen molar-refractivity contribution in [3.05, 3.63) is 54.1 Å². The minimum absolute atomic E-state index is 0.0413. The fourth-order valence-electron chi connectivity index (χ4n) is 6.48. The molecule has 194 valence electrons. The lowest BCUT2D eigenvalue weighted by Crippen LogP contribution is -2.57. The summed E-state index contributed by atoms with van der Waals surface area (Å²) in [7, 11) is 1.67. The first-order chi connectivity index (χ1) is 17.1. The van der Waals surface area contributed by atoms with Gasteiger partial charge < -0.3 is 24.5 Å². The normalized spacial score (nSPS) is 30.3. The van der Waals surface area contributed by atoms with Gasteiger partial charge in [0.05, 0.1) is 34.8 Å². The Bertz CT molecular complexity index is 1090. The van der Waals surface area contributed by atoms with Crippen LogP contribution in [0.15, 0.2) is 43.5 Å². The Labute approximate surface area is 217 Å². The molecule has 0 aromatic heterocycles. The zero-order chi connectivity index (χ0) is 26.4. The molecule has 3 aliphatic heterocycles. The minimum atomic E-state index is -1.18. The van der Waals surface area contributed by atoms with Gasteiger partial charge in [-0.05, 0) is 38.3 Å². The van der Waals surface area contributed by atoms with Crippen molar-refractivity contribution < 1.29 is 24.2 Å². The predicted molar refractivity (Wildman–Crippen MR) is 138 cm³/mol. The molecule has 3 saturated heterocycles. The van der Waals surface area contributed by atoms with Gasteiger partial charge in [0.1, 0.15) is 11.6 Å². The van der Waals surface area contributed by atoms with Crippen LogP contribution in [0.2, 0.25) is 5.02 Å². The van der Waals surface area contributed by atoms with Gasteiger partial charge in [0.25, 0.3) is 5.91 Å². The second kappa shape index (κ2) is 9.65. The molecule has 3 heterocycles. The number of ether oxygens (including phenoxy) is 1. The summed E-state index contributed by atoms with van der Waals surface area (Å²) in [6, 6.07) is 4.37.